The first-order valence-corrected chi connectivity index (χ1v) is 12.5. The first-order chi connectivity index (χ1) is 14.6. The van der Waals surface area contributed by atoms with Crippen LogP contribution in [0.25, 0.3) is 0 Å². The molecule has 0 aliphatic heterocycles. The average molecular weight is 427 g/mol. The van der Waals surface area contributed by atoms with Crippen molar-refractivity contribution in [3.05, 3.63) is 47.6 Å². The summed E-state index contributed by atoms with van der Waals surface area (Å²) in [6, 6.07) is 0. The van der Waals surface area contributed by atoms with Crippen LogP contribution in [0.5, 0.6) is 0 Å². The second kappa shape index (κ2) is 8.65. The van der Waals surface area contributed by atoms with Gasteiger partial charge in [-0.05, 0) is 91.1 Å². The summed E-state index contributed by atoms with van der Waals surface area (Å²) in [5.74, 6) is 1.74. The minimum absolute atomic E-state index is 0.122. The van der Waals surface area contributed by atoms with Gasteiger partial charge in [-0.25, -0.2) is 0 Å². The summed E-state index contributed by atoms with van der Waals surface area (Å²) >= 11 is 0. The fourth-order valence-electron chi connectivity index (χ4n) is 6.75. The van der Waals surface area contributed by atoms with Crippen LogP contribution in [0.1, 0.15) is 78.6 Å². The molecule has 0 aromatic rings. The molecule has 4 aliphatic rings. The van der Waals surface area contributed by atoms with Crippen molar-refractivity contribution in [3.8, 4) is 0 Å². The molecule has 0 saturated heterocycles. The highest BCUT2D eigenvalue weighted by molar-refractivity contribution is 5.38. The van der Waals surface area contributed by atoms with Gasteiger partial charge in [0.25, 0.3) is 0 Å². The van der Waals surface area contributed by atoms with Crippen LogP contribution in [0, 0.1) is 28.6 Å². The zero-order valence-electron chi connectivity index (χ0n) is 19.7. The molecule has 172 valence electrons. The van der Waals surface area contributed by atoms with E-state index >= 15 is 0 Å². The molecule has 3 nitrogen and oxygen atoms in total. The highest BCUT2D eigenvalue weighted by atomic mass is 16.3. The molecule has 3 N–H and O–H groups in total. The second-order valence-electron chi connectivity index (χ2n) is 11.5. The van der Waals surface area contributed by atoms with Crippen molar-refractivity contribution < 1.29 is 15.3 Å². The zero-order chi connectivity index (χ0) is 22.4. The van der Waals surface area contributed by atoms with Crippen molar-refractivity contribution in [2.24, 2.45) is 28.6 Å². The van der Waals surface area contributed by atoms with Gasteiger partial charge in [-0.1, -0.05) is 57.2 Å². The zero-order valence-corrected chi connectivity index (χ0v) is 19.7. The summed E-state index contributed by atoms with van der Waals surface area (Å²) in [5, 5.41) is 30.7. The number of rotatable bonds is 5. The van der Waals surface area contributed by atoms with Gasteiger partial charge in [-0.3, -0.25) is 0 Å². The first kappa shape index (κ1) is 23.0. The van der Waals surface area contributed by atoms with Gasteiger partial charge in [0.15, 0.2) is 0 Å². The van der Waals surface area contributed by atoms with Crippen LogP contribution < -0.4 is 0 Å². The van der Waals surface area contributed by atoms with Gasteiger partial charge in [0.05, 0.1) is 18.3 Å². The molecule has 4 aliphatic carbocycles. The van der Waals surface area contributed by atoms with E-state index in [2.05, 4.69) is 51.7 Å². The third-order valence-electron chi connectivity index (χ3n) is 9.29. The fourth-order valence-corrected chi connectivity index (χ4v) is 6.75. The van der Waals surface area contributed by atoms with Crippen molar-refractivity contribution in [2.45, 2.75) is 96.9 Å². The number of aliphatic hydroxyl groups is 3. The number of hydrogen-bond donors (Lipinski definition) is 3. The fraction of sp³-hybridized carbons (Fsp3) is 0.714. The largest absolute Gasteiger partial charge is 0.393 e. The third-order valence-corrected chi connectivity index (χ3v) is 9.29. The van der Waals surface area contributed by atoms with Gasteiger partial charge in [-0.2, -0.15) is 0 Å². The van der Waals surface area contributed by atoms with E-state index in [-0.39, 0.29) is 11.5 Å². The van der Waals surface area contributed by atoms with Crippen molar-refractivity contribution in [1.82, 2.24) is 0 Å². The minimum Gasteiger partial charge on any atom is -0.393 e. The molecule has 0 amide bonds. The molecule has 0 aromatic carbocycles. The molecule has 0 unspecified atom stereocenters. The molecular formula is C28H42O3. The normalized spacial score (nSPS) is 42.2. The van der Waals surface area contributed by atoms with E-state index in [1.165, 1.54) is 31.3 Å². The molecule has 4 fully saturated rings. The maximum absolute atomic E-state index is 10.5. The Morgan fingerprint density at radius 2 is 1.81 bits per heavy atom. The van der Waals surface area contributed by atoms with Crippen molar-refractivity contribution in [3.63, 3.8) is 0 Å². The maximum atomic E-state index is 10.5. The smallest absolute Gasteiger partial charge is 0.0811 e. The molecule has 0 spiro atoms. The maximum Gasteiger partial charge on any atom is 0.0811 e. The number of allylic oxidation sites excluding steroid dienone is 4. The van der Waals surface area contributed by atoms with Crippen molar-refractivity contribution >= 4 is 0 Å². The quantitative estimate of drug-likeness (QED) is 0.510. The lowest BCUT2D eigenvalue weighted by atomic mass is 9.61. The Morgan fingerprint density at radius 3 is 2.52 bits per heavy atom. The molecule has 0 heterocycles. The van der Waals surface area contributed by atoms with E-state index < -0.39 is 12.2 Å². The molecule has 3 heteroatoms. The van der Waals surface area contributed by atoms with Crippen LogP contribution in [0.3, 0.4) is 0 Å². The molecule has 4 saturated carbocycles. The Labute approximate surface area is 188 Å². The van der Waals surface area contributed by atoms with Gasteiger partial charge in [0.1, 0.15) is 0 Å². The second-order valence-corrected chi connectivity index (χ2v) is 11.5. The summed E-state index contributed by atoms with van der Waals surface area (Å²) in [4.78, 5) is 0. The van der Waals surface area contributed by atoms with Crippen molar-refractivity contribution in [1.29, 1.82) is 0 Å². The van der Waals surface area contributed by atoms with Crippen LogP contribution in [0.2, 0.25) is 0 Å². The van der Waals surface area contributed by atoms with Crippen molar-refractivity contribution in [2.75, 3.05) is 0 Å². The van der Waals surface area contributed by atoms with E-state index in [1.54, 1.807) is 0 Å². The Morgan fingerprint density at radius 1 is 1.06 bits per heavy atom. The summed E-state index contributed by atoms with van der Waals surface area (Å²) in [7, 11) is 0. The van der Waals surface area contributed by atoms with Crippen LogP contribution in [-0.2, 0) is 0 Å². The highest BCUT2D eigenvalue weighted by Gasteiger charge is 2.50. The number of hydrogen-bond acceptors (Lipinski definition) is 3. The third kappa shape index (κ3) is 4.51. The first-order valence-electron chi connectivity index (χ1n) is 12.5. The molecule has 7 atom stereocenters. The molecule has 0 bridgehead atoms. The predicted octanol–water partition coefficient (Wildman–Crippen LogP) is 5.48. The molecule has 0 aromatic heterocycles. The summed E-state index contributed by atoms with van der Waals surface area (Å²) in [6.45, 7) is 11.1. The Hall–Kier alpha value is -1.16. The summed E-state index contributed by atoms with van der Waals surface area (Å²) in [6.07, 6.45) is 16.8. The van der Waals surface area contributed by atoms with Crippen LogP contribution >= 0.6 is 0 Å². The van der Waals surface area contributed by atoms with Gasteiger partial charge < -0.3 is 15.3 Å². The summed E-state index contributed by atoms with van der Waals surface area (Å²) < 4.78 is 0. The summed E-state index contributed by atoms with van der Waals surface area (Å²) in [5.41, 5.74) is 3.74. The van der Waals surface area contributed by atoms with Gasteiger partial charge >= 0.3 is 0 Å². The lowest BCUT2D eigenvalue weighted by molar-refractivity contribution is 0.0862. The number of fused-ring (bicyclic) bond motifs is 1. The Kier molecular flexibility index (Phi) is 6.42. The predicted molar refractivity (Wildman–Crippen MR) is 126 cm³/mol. The van der Waals surface area contributed by atoms with E-state index in [0.29, 0.717) is 36.0 Å². The van der Waals surface area contributed by atoms with E-state index in [0.717, 1.165) is 30.4 Å². The minimum atomic E-state index is -0.623. The SMILES string of the molecule is C=C1C(=CC=C2CCC[C@]3(C)[C@@H]([C@H](C)C=C[C@@H](O)C4(C)CC4)CC[C@@H]23)C[C@@H](O)C[C@@H]1O. The van der Waals surface area contributed by atoms with Crippen LogP contribution in [-0.4, -0.2) is 33.6 Å². The van der Waals surface area contributed by atoms with Gasteiger partial charge in [0.2, 0.25) is 0 Å². The van der Waals surface area contributed by atoms with E-state index in [4.69, 9.17) is 0 Å². The lowest BCUT2D eigenvalue weighted by Crippen LogP contribution is -2.35. The number of aliphatic hydroxyl groups excluding tert-OH is 3. The van der Waals surface area contributed by atoms with Crippen LogP contribution in [0.15, 0.2) is 47.6 Å². The highest BCUT2D eigenvalue weighted by Crippen LogP contribution is 2.59. The lowest BCUT2D eigenvalue weighted by Gasteiger charge is -2.44. The van der Waals surface area contributed by atoms with Crippen LogP contribution in [0.4, 0.5) is 0 Å². The Bertz CT molecular complexity index is 786. The van der Waals surface area contributed by atoms with Gasteiger partial charge in [-0.15, -0.1) is 0 Å². The van der Waals surface area contributed by atoms with Gasteiger partial charge in [0, 0.05) is 6.42 Å². The van der Waals surface area contributed by atoms with E-state index in [1.807, 2.05) is 0 Å². The molecular weight excluding hydrogens is 384 g/mol. The molecule has 0 radical (unpaired) electrons. The molecule has 31 heavy (non-hydrogen) atoms. The molecule has 4 rings (SSSR count). The Balaban J connectivity index is 1.48. The average Bonchev–Trinajstić information content (AvgIpc) is 3.37. The standard InChI is InChI=1S/C28H42O3/c1-18(7-12-26(31)27(3)14-15-27)23-10-11-24-20(6-5-13-28(23,24)4)8-9-21-16-22(29)17-25(30)19(21)2/h7-9,12,18,22-26,29-31H,2,5-6,10-11,13-17H2,1,3-4H3/t18-,22-,23-,24+,25+,26-,28-/m1/s1. The topological polar surface area (TPSA) is 60.7 Å². The monoisotopic (exact) mass is 426 g/mol. The van der Waals surface area contributed by atoms with E-state index in [9.17, 15) is 15.3 Å².